The summed E-state index contributed by atoms with van der Waals surface area (Å²) in [5, 5.41) is 23.0. The van der Waals surface area contributed by atoms with Crippen LogP contribution < -0.4 is 5.32 Å². The lowest BCUT2D eigenvalue weighted by Gasteiger charge is -2.22. The van der Waals surface area contributed by atoms with Gasteiger partial charge in [-0.05, 0) is 32.1 Å². The van der Waals surface area contributed by atoms with E-state index in [1.165, 1.54) is 135 Å². The summed E-state index contributed by atoms with van der Waals surface area (Å²) in [6.07, 6.45) is 42.4. The Bertz CT molecular complexity index is 603. The maximum atomic E-state index is 12.3. The van der Waals surface area contributed by atoms with Gasteiger partial charge in [0.25, 0.3) is 0 Å². The van der Waals surface area contributed by atoms with Crippen LogP contribution in [0.3, 0.4) is 0 Å². The monoisotopic (exact) mass is 592 g/mol. The molecule has 0 spiro atoms. The summed E-state index contributed by atoms with van der Waals surface area (Å²) in [5.41, 5.74) is 0. The van der Waals surface area contributed by atoms with Gasteiger partial charge < -0.3 is 15.5 Å². The molecule has 0 saturated heterocycles. The van der Waals surface area contributed by atoms with Crippen LogP contribution in [-0.2, 0) is 4.79 Å². The van der Waals surface area contributed by atoms with Crippen molar-refractivity contribution in [3.63, 3.8) is 0 Å². The first-order valence-electron chi connectivity index (χ1n) is 18.5. The minimum atomic E-state index is -0.678. The Labute approximate surface area is 262 Å². The Morgan fingerprint density at radius 3 is 1.43 bits per heavy atom. The van der Waals surface area contributed by atoms with Crippen molar-refractivity contribution in [2.45, 2.75) is 206 Å². The van der Waals surface area contributed by atoms with E-state index in [-0.39, 0.29) is 12.5 Å². The lowest BCUT2D eigenvalue weighted by atomic mass is 10.0. The van der Waals surface area contributed by atoms with Gasteiger partial charge in [-0.1, -0.05) is 179 Å². The molecule has 0 aliphatic carbocycles. The molecule has 0 radical (unpaired) electrons. The van der Waals surface area contributed by atoms with Gasteiger partial charge >= 0.3 is 0 Å². The molecule has 0 bridgehead atoms. The molecule has 0 aromatic rings. The fourth-order valence-corrected chi connectivity index (χ4v) is 5.59. The first-order chi connectivity index (χ1) is 20.7. The predicted octanol–water partition coefficient (Wildman–Crippen LogP) is 10.9. The Hall–Kier alpha value is -1.13. The van der Waals surface area contributed by atoms with Crippen molar-refractivity contribution in [1.29, 1.82) is 0 Å². The fraction of sp³-hybridized carbons (Fsp3) is 0.868. The summed E-state index contributed by atoms with van der Waals surface area (Å²) in [4.78, 5) is 12.3. The number of amides is 1. The first-order valence-corrected chi connectivity index (χ1v) is 18.5. The van der Waals surface area contributed by atoms with Gasteiger partial charge in [-0.25, -0.2) is 0 Å². The number of aliphatic hydroxyl groups excluding tert-OH is 2. The van der Waals surface area contributed by atoms with E-state index in [0.717, 1.165) is 25.7 Å². The van der Waals surface area contributed by atoms with E-state index in [1.807, 2.05) is 0 Å². The van der Waals surface area contributed by atoms with Gasteiger partial charge in [-0.3, -0.25) is 4.79 Å². The van der Waals surface area contributed by atoms with Crippen molar-refractivity contribution in [2.24, 2.45) is 0 Å². The van der Waals surface area contributed by atoms with Crippen molar-refractivity contribution in [1.82, 2.24) is 5.32 Å². The topological polar surface area (TPSA) is 69.6 Å². The highest BCUT2D eigenvalue weighted by atomic mass is 16.3. The van der Waals surface area contributed by atoms with Gasteiger partial charge in [0.05, 0.1) is 18.8 Å². The number of unbranched alkanes of at least 4 members (excludes halogenated alkanes) is 22. The van der Waals surface area contributed by atoms with Crippen LogP contribution in [0.5, 0.6) is 0 Å². The van der Waals surface area contributed by atoms with Crippen molar-refractivity contribution in [3.05, 3.63) is 24.3 Å². The first kappa shape index (κ1) is 40.9. The van der Waals surface area contributed by atoms with E-state index in [0.29, 0.717) is 19.3 Å². The Kier molecular flexibility index (Phi) is 33.4. The highest BCUT2D eigenvalue weighted by Crippen LogP contribution is 2.15. The number of hydrogen-bond acceptors (Lipinski definition) is 3. The molecule has 0 heterocycles. The van der Waals surface area contributed by atoms with Crippen LogP contribution in [0.25, 0.3) is 0 Å². The summed E-state index contributed by atoms with van der Waals surface area (Å²) >= 11 is 0. The van der Waals surface area contributed by atoms with Crippen LogP contribution in [0.2, 0.25) is 0 Å². The number of nitrogens with one attached hydrogen (secondary N) is 1. The van der Waals surface area contributed by atoms with E-state index >= 15 is 0 Å². The molecule has 0 aromatic heterocycles. The molecule has 1 amide bonds. The molecule has 0 rings (SSSR count). The lowest BCUT2D eigenvalue weighted by Crippen LogP contribution is -2.45. The molecule has 4 heteroatoms. The number of carbonyl (C=O) groups is 1. The van der Waals surface area contributed by atoms with E-state index < -0.39 is 12.1 Å². The number of hydrogen-bond donors (Lipinski definition) is 3. The van der Waals surface area contributed by atoms with Crippen LogP contribution in [0, 0.1) is 0 Å². The largest absolute Gasteiger partial charge is 0.394 e. The van der Waals surface area contributed by atoms with Gasteiger partial charge in [-0.15, -0.1) is 0 Å². The Balaban J connectivity index is 3.61. The fourth-order valence-electron chi connectivity index (χ4n) is 5.59. The second-order valence-electron chi connectivity index (χ2n) is 12.6. The predicted molar refractivity (Wildman–Crippen MR) is 184 cm³/mol. The van der Waals surface area contributed by atoms with Crippen molar-refractivity contribution < 1.29 is 15.0 Å². The Morgan fingerprint density at radius 1 is 0.571 bits per heavy atom. The minimum Gasteiger partial charge on any atom is -0.394 e. The highest BCUT2D eigenvalue weighted by molar-refractivity contribution is 5.76. The molecule has 0 fully saturated rings. The number of rotatable bonds is 33. The molecule has 0 saturated carbocycles. The van der Waals surface area contributed by atoms with E-state index in [4.69, 9.17) is 0 Å². The van der Waals surface area contributed by atoms with Crippen LogP contribution in [0.1, 0.15) is 194 Å². The molecule has 0 aromatic carbocycles. The zero-order valence-electron chi connectivity index (χ0n) is 28.3. The van der Waals surface area contributed by atoms with Crippen LogP contribution >= 0.6 is 0 Å². The summed E-state index contributed by atoms with van der Waals surface area (Å²) in [7, 11) is 0. The maximum Gasteiger partial charge on any atom is 0.220 e. The van der Waals surface area contributed by atoms with E-state index in [2.05, 4.69) is 43.5 Å². The van der Waals surface area contributed by atoms with Crippen LogP contribution in [-0.4, -0.2) is 34.9 Å². The quantitative estimate of drug-likeness (QED) is 0.0525. The molecular formula is C38H73NO3. The standard InChI is InChI=1S/C38H73NO3/c1-3-5-7-9-11-13-15-17-18-19-20-22-23-25-27-29-31-33-37(41)36(35-40)39-38(42)34-32-30-28-26-24-21-16-14-12-10-8-6-4-2/h21,24,28,30,36-37,40-41H,3-20,22-23,25-27,29,31-35H2,1-2H3,(H,39,42)/b24-21-,30-28-. The summed E-state index contributed by atoms with van der Waals surface area (Å²) < 4.78 is 0. The molecule has 3 N–H and O–H groups in total. The van der Waals surface area contributed by atoms with Crippen molar-refractivity contribution in [3.8, 4) is 0 Å². The third-order valence-corrected chi connectivity index (χ3v) is 8.48. The molecular weight excluding hydrogens is 518 g/mol. The molecule has 0 aliphatic rings. The smallest absolute Gasteiger partial charge is 0.220 e. The molecule has 42 heavy (non-hydrogen) atoms. The minimum absolute atomic E-state index is 0.0984. The maximum absolute atomic E-state index is 12.3. The zero-order valence-corrected chi connectivity index (χ0v) is 28.3. The van der Waals surface area contributed by atoms with Crippen LogP contribution in [0.4, 0.5) is 0 Å². The van der Waals surface area contributed by atoms with Gasteiger partial charge in [0, 0.05) is 6.42 Å². The van der Waals surface area contributed by atoms with E-state index in [9.17, 15) is 15.0 Å². The summed E-state index contributed by atoms with van der Waals surface area (Å²) in [6, 6.07) is -0.563. The zero-order chi connectivity index (χ0) is 30.8. The number of aliphatic hydroxyl groups is 2. The van der Waals surface area contributed by atoms with Crippen LogP contribution in [0.15, 0.2) is 24.3 Å². The lowest BCUT2D eigenvalue weighted by molar-refractivity contribution is -0.123. The Morgan fingerprint density at radius 2 is 0.976 bits per heavy atom. The second-order valence-corrected chi connectivity index (χ2v) is 12.6. The van der Waals surface area contributed by atoms with E-state index in [1.54, 1.807) is 0 Å². The van der Waals surface area contributed by atoms with Gasteiger partial charge in [0.15, 0.2) is 0 Å². The molecule has 0 aliphatic heterocycles. The summed E-state index contributed by atoms with van der Waals surface area (Å²) in [5.74, 6) is -0.0984. The second kappa shape index (κ2) is 34.4. The summed E-state index contributed by atoms with van der Waals surface area (Å²) in [6.45, 7) is 4.32. The van der Waals surface area contributed by atoms with Gasteiger partial charge in [-0.2, -0.15) is 0 Å². The SMILES string of the molecule is CCCCCCCC/C=C\C/C=C\CCC(=O)NC(CO)C(O)CCCCCCCCCCCCCCCCCCC. The third kappa shape index (κ3) is 30.3. The average Bonchev–Trinajstić information content (AvgIpc) is 2.99. The molecule has 2 unspecified atom stereocenters. The number of allylic oxidation sites excluding steroid dienone is 4. The highest BCUT2D eigenvalue weighted by Gasteiger charge is 2.19. The molecule has 2 atom stereocenters. The molecule has 4 nitrogen and oxygen atoms in total. The molecule has 248 valence electrons. The van der Waals surface area contributed by atoms with Gasteiger partial charge in [0.1, 0.15) is 0 Å². The average molecular weight is 592 g/mol. The van der Waals surface area contributed by atoms with Crippen molar-refractivity contribution in [2.75, 3.05) is 6.61 Å². The normalized spacial score (nSPS) is 13.3. The van der Waals surface area contributed by atoms with Crippen molar-refractivity contribution >= 4 is 5.91 Å². The number of carbonyl (C=O) groups excluding carboxylic acids is 1. The third-order valence-electron chi connectivity index (χ3n) is 8.48. The van der Waals surface area contributed by atoms with Gasteiger partial charge in [0.2, 0.25) is 5.91 Å².